The first-order chi connectivity index (χ1) is 10.2. The van der Waals surface area contributed by atoms with Gasteiger partial charge in [-0.3, -0.25) is 4.79 Å². The highest BCUT2D eigenvalue weighted by Crippen LogP contribution is 2.27. The number of hydrogen-bond donors (Lipinski definition) is 0. The highest BCUT2D eigenvalue weighted by molar-refractivity contribution is 6.00. The van der Waals surface area contributed by atoms with Gasteiger partial charge >= 0.3 is 0 Å². The number of Topliss-reactive ketones (excluding diaryl/α,β-unsaturated/α-hetero) is 1. The smallest absolute Gasteiger partial charge is 0.159 e. The summed E-state index contributed by atoms with van der Waals surface area (Å²) in [5, 5.41) is 0. The molecule has 1 saturated carbocycles. The predicted octanol–water partition coefficient (Wildman–Crippen LogP) is 5.13. The Balaban J connectivity index is 1.80. The Morgan fingerprint density at radius 3 is 2.29 bits per heavy atom. The van der Waals surface area contributed by atoms with Crippen LogP contribution < -0.4 is 0 Å². The van der Waals surface area contributed by atoms with Crippen LogP contribution >= 0.6 is 0 Å². The van der Waals surface area contributed by atoms with Crippen LogP contribution in [0.25, 0.3) is 17.2 Å². The molecule has 0 saturated heterocycles. The fourth-order valence-corrected chi connectivity index (χ4v) is 2.85. The maximum Gasteiger partial charge on any atom is 0.159 e. The third-order valence-electron chi connectivity index (χ3n) is 4.16. The summed E-state index contributed by atoms with van der Waals surface area (Å²) in [5.41, 5.74) is 4.54. The van der Waals surface area contributed by atoms with Gasteiger partial charge in [-0.25, -0.2) is 0 Å². The maximum atomic E-state index is 12.0. The van der Waals surface area contributed by atoms with Gasteiger partial charge in [0.15, 0.2) is 5.78 Å². The van der Waals surface area contributed by atoms with Gasteiger partial charge in [0.1, 0.15) is 0 Å². The molecule has 0 aromatic heterocycles. The number of allylic oxidation sites excluding steroid dienone is 1. The highest BCUT2D eigenvalue weighted by atomic mass is 16.1. The molecule has 0 N–H and O–H groups in total. The molecule has 0 bridgehead atoms. The number of benzene rings is 2. The lowest BCUT2D eigenvalue weighted by atomic mass is 9.85. The second-order valence-corrected chi connectivity index (χ2v) is 5.93. The summed E-state index contributed by atoms with van der Waals surface area (Å²) in [6.45, 7) is 2.16. The number of hydrogen-bond acceptors (Lipinski definition) is 1. The second-order valence-electron chi connectivity index (χ2n) is 5.93. The van der Waals surface area contributed by atoms with Crippen molar-refractivity contribution in [3.05, 3.63) is 65.7 Å². The molecule has 1 unspecified atom stereocenters. The Morgan fingerprint density at radius 1 is 0.952 bits per heavy atom. The first kappa shape index (κ1) is 13.8. The Labute approximate surface area is 126 Å². The first-order valence-electron chi connectivity index (χ1n) is 7.61. The van der Waals surface area contributed by atoms with Gasteiger partial charge < -0.3 is 0 Å². The lowest BCUT2D eigenvalue weighted by molar-refractivity contribution is -0.117. The number of rotatable bonds is 2. The average molecular weight is 276 g/mol. The average Bonchev–Trinajstić information content (AvgIpc) is 2.52. The molecule has 1 aliphatic rings. The van der Waals surface area contributed by atoms with Crippen LogP contribution in [0.5, 0.6) is 0 Å². The summed E-state index contributed by atoms with van der Waals surface area (Å²) in [7, 11) is 0. The van der Waals surface area contributed by atoms with Crippen molar-refractivity contribution in [2.24, 2.45) is 5.92 Å². The zero-order valence-electron chi connectivity index (χ0n) is 12.4. The Bertz CT molecular complexity index is 650. The van der Waals surface area contributed by atoms with E-state index in [0.717, 1.165) is 24.0 Å². The van der Waals surface area contributed by atoms with Gasteiger partial charge in [0, 0.05) is 6.42 Å². The highest BCUT2D eigenvalue weighted by Gasteiger charge is 2.20. The SMILES string of the molecule is CC1CC/C(=C\c2ccc(-c3ccccc3)cc2)C(=O)C1. The van der Waals surface area contributed by atoms with Crippen molar-refractivity contribution in [2.45, 2.75) is 26.2 Å². The van der Waals surface area contributed by atoms with Crippen LogP contribution in [0.2, 0.25) is 0 Å². The van der Waals surface area contributed by atoms with Gasteiger partial charge in [0.2, 0.25) is 0 Å². The summed E-state index contributed by atoms with van der Waals surface area (Å²) in [6, 6.07) is 18.8. The van der Waals surface area contributed by atoms with Gasteiger partial charge in [0.05, 0.1) is 0 Å². The largest absolute Gasteiger partial charge is 0.295 e. The Morgan fingerprint density at radius 2 is 1.62 bits per heavy atom. The van der Waals surface area contributed by atoms with E-state index < -0.39 is 0 Å². The maximum absolute atomic E-state index is 12.0. The van der Waals surface area contributed by atoms with Crippen molar-refractivity contribution < 1.29 is 4.79 Å². The Hall–Kier alpha value is -2.15. The molecule has 21 heavy (non-hydrogen) atoms. The number of carbonyl (C=O) groups is 1. The van der Waals surface area contributed by atoms with Crippen molar-refractivity contribution in [1.29, 1.82) is 0 Å². The standard InChI is InChI=1S/C20H20O/c1-15-7-10-19(20(21)13-15)14-16-8-11-18(12-9-16)17-5-3-2-4-6-17/h2-6,8-9,11-12,14-15H,7,10,13H2,1H3/b19-14+. The topological polar surface area (TPSA) is 17.1 Å². The van der Waals surface area contributed by atoms with Crippen molar-refractivity contribution in [3.63, 3.8) is 0 Å². The first-order valence-corrected chi connectivity index (χ1v) is 7.61. The molecule has 1 nitrogen and oxygen atoms in total. The van der Waals surface area contributed by atoms with Gasteiger partial charge in [-0.15, -0.1) is 0 Å². The van der Waals surface area contributed by atoms with Crippen LogP contribution in [0, 0.1) is 5.92 Å². The quantitative estimate of drug-likeness (QED) is 0.695. The number of ketones is 1. The van der Waals surface area contributed by atoms with Gasteiger partial charge in [-0.05, 0) is 47.1 Å². The van der Waals surface area contributed by atoms with Gasteiger partial charge in [-0.2, -0.15) is 0 Å². The van der Waals surface area contributed by atoms with E-state index in [2.05, 4.69) is 49.4 Å². The summed E-state index contributed by atoms with van der Waals surface area (Å²) in [4.78, 5) is 12.0. The van der Waals surface area contributed by atoms with Gasteiger partial charge in [0.25, 0.3) is 0 Å². The van der Waals surface area contributed by atoms with E-state index in [4.69, 9.17) is 0 Å². The van der Waals surface area contributed by atoms with E-state index in [1.54, 1.807) is 0 Å². The monoisotopic (exact) mass is 276 g/mol. The van der Waals surface area contributed by atoms with Crippen LogP contribution in [0.1, 0.15) is 31.7 Å². The third kappa shape index (κ3) is 3.30. The molecule has 0 radical (unpaired) electrons. The van der Waals surface area contributed by atoms with Crippen molar-refractivity contribution in [3.8, 4) is 11.1 Å². The molecular weight excluding hydrogens is 256 g/mol. The molecule has 3 rings (SSSR count). The molecule has 1 fully saturated rings. The second kappa shape index (κ2) is 6.09. The molecule has 0 amide bonds. The molecule has 1 heteroatoms. The van der Waals surface area contributed by atoms with E-state index in [1.807, 2.05) is 18.2 Å². The predicted molar refractivity (Wildman–Crippen MR) is 87.9 cm³/mol. The fourth-order valence-electron chi connectivity index (χ4n) is 2.85. The van der Waals surface area contributed by atoms with E-state index in [-0.39, 0.29) is 0 Å². The summed E-state index contributed by atoms with van der Waals surface area (Å²) < 4.78 is 0. The zero-order chi connectivity index (χ0) is 14.7. The van der Waals surface area contributed by atoms with Crippen molar-refractivity contribution in [2.75, 3.05) is 0 Å². The molecule has 106 valence electrons. The van der Waals surface area contributed by atoms with E-state index in [0.29, 0.717) is 18.1 Å². The minimum atomic E-state index is 0.320. The van der Waals surface area contributed by atoms with Gasteiger partial charge in [-0.1, -0.05) is 61.5 Å². The van der Waals surface area contributed by atoms with Crippen LogP contribution in [-0.4, -0.2) is 5.78 Å². The summed E-state index contributed by atoms with van der Waals surface area (Å²) in [5.74, 6) is 0.857. The van der Waals surface area contributed by atoms with Crippen molar-refractivity contribution in [1.82, 2.24) is 0 Å². The number of carbonyl (C=O) groups excluding carboxylic acids is 1. The van der Waals surface area contributed by atoms with Crippen LogP contribution in [-0.2, 0) is 4.79 Å². The normalized spacial score (nSPS) is 20.7. The summed E-state index contributed by atoms with van der Waals surface area (Å²) in [6.07, 6.45) is 4.80. The fraction of sp³-hybridized carbons (Fsp3) is 0.250. The summed E-state index contributed by atoms with van der Waals surface area (Å²) >= 11 is 0. The lowest BCUT2D eigenvalue weighted by Gasteiger charge is -2.19. The molecule has 0 aliphatic heterocycles. The molecule has 2 aromatic rings. The molecule has 1 aliphatic carbocycles. The van der Waals surface area contributed by atoms with Crippen LogP contribution in [0.15, 0.2) is 60.2 Å². The van der Waals surface area contributed by atoms with Crippen LogP contribution in [0.4, 0.5) is 0 Å². The zero-order valence-corrected chi connectivity index (χ0v) is 12.4. The minimum absolute atomic E-state index is 0.320. The van der Waals surface area contributed by atoms with Crippen molar-refractivity contribution >= 4 is 11.9 Å². The third-order valence-corrected chi connectivity index (χ3v) is 4.16. The molecule has 2 aromatic carbocycles. The molecule has 1 atom stereocenters. The molecule has 0 spiro atoms. The molecular formula is C20H20O. The van der Waals surface area contributed by atoms with Crippen LogP contribution in [0.3, 0.4) is 0 Å². The Kier molecular flexibility index (Phi) is 4.01. The lowest BCUT2D eigenvalue weighted by Crippen LogP contribution is -2.15. The van der Waals surface area contributed by atoms with E-state index in [9.17, 15) is 4.79 Å². The van der Waals surface area contributed by atoms with E-state index >= 15 is 0 Å². The minimum Gasteiger partial charge on any atom is -0.295 e. The van der Waals surface area contributed by atoms with E-state index in [1.165, 1.54) is 11.1 Å². The molecule has 0 heterocycles.